The van der Waals surface area contributed by atoms with E-state index >= 15 is 0 Å². The van der Waals surface area contributed by atoms with Gasteiger partial charge in [-0.25, -0.2) is 0 Å². The molecule has 0 spiro atoms. The molecule has 0 saturated heterocycles. The fraction of sp³-hybridized carbons (Fsp3) is 0.200. The van der Waals surface area contributed by atoms with Gasteiger partial charge in [-0.05, 0) is 58.0 Å². The number of aliphatic hydroxyl groups is 1. The molecule has 1 N–H and O–H groups in total. The van der Waals surface area contributed by atoms with Gasteiger partial charge in [-0.1, -0.05) is 18.2 Å². The number of ether oxygens (including phenoxy) is 2. The van der Waals surface area contributed by atoms with Gasteiger partial charge in [-0.2, -0.15) is 0 Å². The van der Waals surface area contributed by atoms with Crippen molar-refractivity contribution in [1.29, 1.82) is 0 Å². The maximum atomic E-state index is 9.14. The van der Waals surface area contributed by atoms with Crippen molar-refractivity contribution in [3.8, 4) is 11.5 Å². The molecule has 3 nitrogen and oxygen atoms in total. The quantitative estimate of drug-likeness (QED) is 0.821. The minimum absolute atomic E-state index is 0.0100. The molecule has 0 unspecified atom stereocenters. The summed E-state index contributed by atoms with van der Waals surface area (Å²) in [5.74, 6) is 1.32. The van der Waals surface area contributed by atoms with Gasteiger partial charge in [0.15, 0.2) is 11.5 Å². The smallest absolute Gasteiger partial charge is 0.162 e. The lowest BCUT2D eigenvalue weighted by Gasteiger charge is -2.12. The Hall–Kier alpha value is -1.27. The zero-order chi connectivity index (χ0) is 13.7. The van der Waals surface area contributed by atoms with Crippen molar-refractivity contribution in [2.75, 3.05) is 7.11 Å². The van der Waals surface area contributed by atoms with Gasteiger partial charge < -0.3 is 14.6 Å². The summed E-state index contributed by atoms with van der Waals surface area (Å²) in [6.07, 6.45) is 0. The predicted octanol–water partition coefficient (Wildman–Crippen LogP) is 3.37. The molecule has 4 heteroatoms. The van der Waals surface area contributed by atoms with Gasteiger partial charge in [0.2, 0.25) is 0 Å². The Morgan fingerprint density at radius 3 is 2.32 bits per heavy atom. The number of aliphatic hydroxyl groups excluding tert-OH is 1. The van der Waals surface area contributed by atoms with Crippen LogP contribution in [0.2, 0.25) is 0 Å². The first-order valence-corrected chi connectivity index (χ1v) is 6.96. The van der Waals surface area contributed by atoms with Gasteiger partial charge in [0, 0.05) is 3.57 Å². The van der Waals surface area contributed by atoms with Crippen LogP contribution < -0.4 is 9.47 Å². The van der Waals surface area contributed by atoms with Gasteiger partial charge in [-0.3, -0.25) is 0 Å². The summed E-state index contributed by atoms with van der Waals surface area (Å²) in [5.41, 5.74) is 1.90. The topological polar surface area (TPSA) is 38.7 Å². The maximum absolute atomic E-state index is 9.14. The lowest BCUT2D eigenvalue weighted by molar-refractivity contribution is 0.271. The average Bonchev–Trinajstić information content (AvgIpc) is 2.46. The molecule has 0 aromatic heterocycles. The SMILES string of the molecule is COc1ccc(CO)cc1OCc1ccc(I)cc1. The van der Waals surface area contributed by atoms with E-state index in [0.29, 0.717) is 18.1 Å². The largest absolute Gasteiger partial charge is 0.493 e. The third-order valence-corrected chi connectivity index (χ3v) is 3.44. The first-order valence-electron chi connectivity index (χ1n) is 5.88. The molecule has 0 heterocycles. The van der Waals surface area contributed by atoms with Crippen LogP contribution in [0.25, 0.3) is 0 Å². The van der Waals surface area contributed by atoms with Crippen LogP contribution in [0.5, 0.6) is 11.5 Å². The average molecular weight is 370 g/mol. The Morgan fingerprint density at radius 1 is 1.00 bits per heavy atom. The summed E-state index contributed by atoms with van der Waals surface area (Å²) >= 11 is 2.27. The van der Waals surface area contributed by atoms with Crippen molar-refractivity contribution in [3.63, 3.8) is 0 Å². The van der Waals surface area contributed by atoms with Crippen LogP contribution in [0.1, 0.15) is 11.1 Å². The lowest BCUT2D eigenvalue weighted by atomic mass is 10.2. The van der Waals surface area contributed by atoms with Crippen molar-refractivity contribution in [1.82, 2.24) is 0 Å². The Bertz CT molecular complexity index is 538. The fourth-order valence-corrected chi connectivity index (χ4v) is 2.03. The molecule has 0 aliphatic heterocycles. The highest BCUT2D eigenvalue weighted by Gasteiger charge is 2.06. The second kappa shape index (κ2) is 6.77. The summed E-state index contributed by atoms with van der Waals surface area (Å²) in [7, 11) is 1.60. The highest BCUT2D eigenvalue weighted by Crippen LogP contribution is 2.28. The molecule has 2 rings (SSSR count). The molecule has 19 heavy (non-hydrogen) atoms. The first-order chi connectivity index (χ1) is 9.22. The Labute approximate surface area is 126 Å². The molecule has 2 aromatic carbocycles. The maximum Gasteiger partial charge on any atom is 0.162 e. The molecule has 0 saturated carbocycles. The van der Waals surface area contributed by atoms with Crippen molar-refractivity contribution in [3.05, 3.63) is 57.2 Å². The van der Waals surface area contributed by atoms with Crippen molar-refractivity contribution in [2.45, 2.75) is 13.2 Å². The number of benzene rings is 2. The molecular weight excluding hydrogens is 355 g/mol. The molecule has 2 aromatic rings. The van der Waals surface area contributed by atoms with Gasteiger partial charge in [0.1, 0.15) is 6.61 Å². The van der Waals surface area contributed by atoms with Crippen molar-refractivity contribution >= 4 is 22.6 Å². The predicted molar refractivity (Wildman–Crippen MR) is 82.4 cm³/mol. The van der Waals surface area contributed by atoms with Crippen LogP contribution >= 0.6 is 22.6 Å². The molecule has 0 amide bonds. The molecule has 0 aliphatic carbocycles. The van der Waals surface area contributed by atoms with E-state index in [1.807, 2.05) is 30.3 Å². The van der Waals surface area contributed by atoms with Gasteiger partial charge >= 0.3 is 0 Å². The molecule has 0 bridgehead atoms. The van der Waals surface area contributed by atoms with E-state index in [2.05, 4.69) is 22.6 Å². The van der Waals surface area contributed by atoms with Crippen LogP contribution in [-0.4, -0.2) is 12.2 Å². The standard InChI is InChI=1S/C15H15IO3/c1-18-14-7-4-12(9-17)8-15(14)19-10-11-2-5-13(16)6-3-11/h2-8,17H,9-10H2,1H3. The van der Waals surface area contributed by atoms with E-state index in [1.54, 1.807) is 19.2 Å². The van der Waals surface area contributed by atoms with Crippen LogP contribution in [0.4, 0.5) is 0 Å². The van der Waals surface area contributed by atoms with Crippen molar-refractivity contribution < 1.29 is 14.6 Å². The number of hydrogen-bond acceptors (Lipinski definition) is 3. The number of methoxy groups -OCH3 is 1. The summed E-state index contributed by atoms with van der Waals surface area (Å²) in [6.45, 7) is 0.464. The molecule has 0 aliphatic rings. The second-order valence-electron chi connectivity index (χ2n) is 4.06. The van der Waals surface area contributed by atoms with E-state index in [0.717, 1.165) is 11.1 Å². The zero-order valence-electron chi connectivity index (χ0n) is 10.6. The Morgan fingerprint density at radius 2 is 1.68 bits per heavy atom. The summed E-state index contributed by atoms with van der Waals surface area (Å²) in [6, 6.07) is 13.6. The van der Waals surface area contributed by atoms with E-state index in [-0.39, 0.29) is 6.61 Å². The van der Waals surface area contributed by atoms with E-state index in [1.165, 1.54) is 3.57 Å². The van der Waals surface area contributed by atoms with E-state index in [4.69, 9.17) is 14.6 Å². The van der Waals surface area contributed by atoms with Gasteiger partial charge in [0.05, 0.1) is 13.7 Å². The fourth-order valence-electron chi connectivity index (χ4n) is 1.67. The third kappa shape index (κ3) is 3.84. The molecule has 100 valence electrons. The lowest BCUT2D eigenvalue weighted by Crippen LogP contribution is -1.98. The minimum atomic E-state index is -0.0100. The van der Waals surface area contributed by atoms with Crippen LogP contribution in [0.15, 0.2) is 42.5 Å². The summed E-state index contributed by atoms with van der Waals surface area (Å²) < 4.78 is 12.2. The Kier molecular flexibility index (Phi) is 5.04. The van der Waals surface area contributed by atoms with Crippen LogP contribution in [-0.2, 0) is 13.2 Å². The highest BCUT2D eigenvalue weighted by atomic mass is 127. The Balaban J connectivity index is 2.11. The van der Waals surface area contributed by atoms with E-state index < -0.39 is 0 Å². The third-order valence-electron chi connectivity index (χ3n) is 2.72. The normalized spacial score (nSPS) is 10.3. The van der Waals surface area contributed by atoms with Gasteiger partial charge in [-0.15, -0.1) is 0 Å². The van der Waals surface area contributed by atoms with Crippen LogP contribution in [0, 0.1) is 3.57 Å². The number of hydrogen-bond donors (Lipinski definition) is 1. The van der Waals surface area contributed by atoms with Crippen LogP contribution in [0.3, 0.4) is 0 Å². The highest BCUT2D eigenvalue weighted by molar-refractivity contribution is 14.1. The van der Waals surface area contributed by atoms with E-state index in [9.17, 15) is 0 Å². The monoisotopic (exact) mass is 370 g/mol. The molecule has 0 radical (unpaired) electrons. The van der Waals surface area contributed by atoms with Gasteiger partial charge in [0.25, 0.3) is 0 Å². The molecule has 0 fully saturated rings. The summed E-state index contributed by atoms with van der Waals surface area (Å²) in [5, 5.41) is 9.14. The number of halogens is 1. The summed E-state index contributed by atoms with van der Waals surface area (Å²) in [4.78, 5) is 0. The van der Waals surface area contributed by atoms with Crippen molar-refractivity contribution in [2.24, 2.45) is 0 Å². The minimum Gasteiger partial charge on any atom is -0.493 e. The first kappa shape index (κ1) is 14.1. The molecular formula is C15H15IO3. The second-order valence-corrected chi connectivity index (χ2v) is 5.30. The molecule has 0 atom stereocenters. The zero-order valence-corrected chi connectivity index (χ0v) is 12.8. The number of rotatable bonds is 5.